The van der Waals surface area contributed by atoms with Gasteiger partial charge in [-0.2, -0.15) is 0 Å². The van der Waals surface area contributed by atoms with Gasteiger partial charge in [-0.1, -0.05) is 20.8 Å². The normalized spacial score (nSPS) is 11.5. The van der Waals surface area contributed by atoms with Gasteiger partial charge in [0.05, 0.1) is 5.69 Å². The summed E-state index contributed by atoms with van der Waals surface area (Å²) in [5.41, 5.74) is 8.69. The van der Waals surface area contributed by atoms with E-state index in [9.17, 15) is 0 Å². The third-order valence-corrected chi connectivity index (χ3v) is 4.32. The molecule has 132 valence electrons. The summed E-state index contributed by atoms with van der Waals surface area (Å²) < 4.78 is 5.28. The van der Waals surface area contributed by atoms with E-state index in [-0.39, 0.29) is 5.75 Å². The molecule has 0 bridgehead atoms. The van der Waals surface area contributed by atoms with Crippen molar-refractivity contribution in [3.63, 3.8) is 0 Å². The minimum atomic E-state index is 0.279. The highest BCUT2D eigenvalue weighted by Crippen LogP contribution is 2.35. The van der Waals surface area contributed by atoms with Crippen molar-refractivity contribution in [2.75, 3.05) is 30.2 Å². The lowest BCUT2D eigenvalue weighted by atomic mass is 10.2. The Balaban J connectivity index is 0.000000218. The molecule has 0 aliphatic carbocycles. The Kier molecular flexibility index (Phi) is 8.33. The lowest BCUT2D eigenvalue weighted by Crippen LogP contribution is -2.14. The Morgan fingerprint density at radius 2 is 1.92 bits per heavy atom. The fourth-order valence-electron chi connectivity index (χ4n) is 2.15. The number of phenolic OH excluding ortho intramolecular Hbond substituents is 1. The second-order valence-electron chi connectivity index (χ2n) is 5.08. The molecule has 0 radical (unpaired) electrons. The molecule has 2 aromatic carbocycles. The monoisotopic (exact) mass is 348 g/mol. The molecule has 24 heavy (non-hydrogen) atoms. The fourth-order valence-corrected chi connectivity index (χ4v) is 2.91. The molecule has 0 atom stereocenters. The highest BCUT2D eigenvalue weighted by atomic mass is 32.2. The second-order valence-corrected chi connectivity index (χ2v) is 6.39. The number of nitrogens with zero attached hydrogens (tertiary/aromatic N) is 1. The van der Waals surface area contributed by atoms with Gasteiger partial charge in [0.2, 0.25) is 0 Å². The van der Waals surface area contributed by atoms with Gasteiger partial charge in [-0.3, -0.25) is 0 Å². The quantitative estimate of drug-likeness (QED) is 0.597. The summed E-state index contributed by atoms with van der Waals surface area (Å²) in [6.45, 7) is 8.81. The standard InChI is InChI=1S/C9H13NS.C8H9NO2.C2H6/c1-3-11-9-5-4-8(10)6-7(9)2;1-9-5-11-8-3-2-6(10)4-7(8)9;1-2/h4-6H,3,10H2,1-2H3;2-4,10H,5H2,1H3;1-2H3. The van der Waals surface area contributed by atoms with Crippen molar-refractivity contribution < 1.29 is 9.84 Å². The van der Waals surface area contributed by atoms with Crippen molar-refractivity contribution in [2.45, 2.75) is 32.6 Å². The first-order valence-corrected chi connectivity index (χ1v) is 9.15. The SMILES string of the molecule is CC.CCSc1ccc(N)cc1C.CN1COc2ccc(O)cc21. The molecular formula is C19H28N2O2S. The first kappa shape index (κ1) is 20.0. The molecule has 3 N–H and O–H groups in total. The Morgan fingerprint density at radius 1 is 1.21 bits per heavy atom. The number of aromatic hydroxyl groups is 1. The Morgan fingerprint density at radius 3 is 2.54 bits per heavy atom. The van der Waals surface area contributed by atoms with Crippen LogP contribution in [0.15, 0.2) is 41.3 Å². The van der Waals surface area contributed by atoms with Crippen molar-refractivity contribution in [2.24, 2.45) is 0 Å². The molecule has 5 heteroatoms. The Hall–Kier alpha value is -2.01. The van der Waals surface area contributed by atoms with Crippen LogP contribution in [0.3, 0.4) is 0 Å². The number of ether oxygens (including phenoxy) is 1. The van der Waals surface area contributed by atoms with Crippen molar-refractivity contribution in [1.82, 2.24) is 0 Å². The third-order valence-electron chi connectivity index (χ3n) is 3.27. The highest BCUT2D eigenvalue weighted by Gasteiger charge is 2.16. The molecule has 0 amide bonds. The van der Waals surface area contributed by atoms with Crippen molar-refractivity contribution in [1.29, 1.82) is 0 Å². The van der Waals surface area contributed by atoms with E-state index in [1.165, 1.54) is 10.5 Å². The van der Waals surface area contributed by atoms with Gasteiger partial charge in [-0.25, -0.2) is 0 Å². The summed E-state index contributed by atoms with van der Waals surface area (Å²) in [4.78, 5) is 3.27. The number of benzene rings is 2. The summed E-state index contributed by atoms with van der Waals surface area (Å²) in [5.74, 6) is 2.23. The number of thioether (sulfide) groups is 1. The van der Waals surface area contributed by atoms with E-state index in [0.29, 0.717) is 6.73 Å². The lowest BCUT2D eigenvalue weighted by molar-refractivity contribution is 0.353. The molecule has 0 saturated carbocycles. The van der Waals surface area contributed by atoms with Crippen LogP contribution in [-0.4, -0.2) is 24.6 Å². The summed E-state index contributed by atoms with van der Waals surface area (Å²) in [5, 5.41) is 9.13. The number of anilines is 2. The van der Waals surface area contributed by atoms with Crippen LogP contribution in [0.1, 0.15) is 26.3 Å². The van der Waals surface area contributed by atoms with Gasteiger partial charge in [0.25, 0.3) is 0 Å². The zero-order valence-electron chi connectivity index (χ0n) is 15.2. The molecule has 0 saturated heterocycles. The average molecular weight is 349 g/mol. The summed E-state index contributed by atoms with van der Waals surface area (Å²) in [6.07, 6.45) is 0. The van der Waals surface area contributed by atoms with Gasteiger partial charge >= 0.3 is 0 Å². The van der Waals surface area contributed by atoms with E-state index < -0.39 is 0 Å². The maximum Gasteiger partial charge on any atom is 0.161 e. The van der Waals surface area contributed by atoms with Gasteiger partial charge in [-0.15, -0.1) is 11.8 Å². The topological polar surface area (TPSA) is 58.7 Å². The van der Waals surface area contributed by atoms with Crippen LogP contribution in [0.25, 0.3) is 0 Å². The van der Waals surface area contributed by atoms with Crippen LogP contribution in [0, 0.1) is 6.92 Å². The third kappa shape index (κ3) is 5.57. The van der Waals surface area contributed by atoms with Crippen LogP contribution in [0.2, 0.25) is 0 Å². The molecule has 0 fully saturated rings. The molecule has 3 rings (SSSR count). The van der Waals surface area contributed by atoms with Gasteiger partial charge in [0, 0.05) is 23.7 Å². The summed E-state index contributed by atoms with van der Waals surface area (Å²) in [7, 11) is 1.92. The molecular weight excluding hydrogens is 320 g/mol. The first-order chi connectivity index (χ1) is 11.5. The maximum absolute atomic E-state index is 9.13. The van der Waals surface area contributed by atoms with Crippen molar-refractivity contribution in [3.05, 3.63) is 42.0 Å². The van der Waals surface area contributed by atoms with Gasteiger partial charge in [-0.05, 0) is 48.6 Å². The van der Waals surface area contributed by atoms with Crippen LogP contribution in [0.4, 0.5) is 11.4 Å². The Labute approximate surface area is 149 Å². The fraction of sp³-hybridized carbons (Fsp3) is 0.368. The number of fused-ring (bicyclic) bond motifs is 1. The number of hydrogen-bond acceptors (Lipinski definition) is 5. The van der Waals surface area contributed by atoms with Crippen LogP contribution in [-0.2, 0) is 0 Å². The predicted molar refractivity (Wildman–Crippen MR) is 105 cm³/mol. The van der Waals surface area contributed by atoms with E-state index in [2.05, 4.69) is 19.9 Å². The Bertz CT molecular complexity index is 647. The minimum absolute atomic E-state index is 0.279. The van der Waals surface area contributed by atoms with Gasteiger partial charge in [0.1, 0.15) is 11.5 Å². The number of nitrogen functional groups attached to an aromatic ring is 1. The molecule has 1 aliphatic rings. The molecule has 0 aromatic heterocycles. The smallest absolute Gasteiger partial charge is 0.161 e. The van der Waals surface area contributed by atoms with Crippen LogP contribution >= 0.6 is 11.8 Å². The lowest BCUT2D eigenvalue weighted by Gasteiger charge is -2.06. The maximum atomic E-state index is 9.13. The first-order valence-electron chi connectivity index (χ1n) is 8.17. The summed E-state index contributed by atoms with van der Waals surface area (Å²) >= 11 is 1.86. The molecule has 1 aliphatic heterocycles. The van der Waals surface area contributed by atoms with Gasteiger partial charge in [0.15, 0.2) is 6.73 Å². The van der Waals surface area contributed by atoms with E-state index in [0.717, 1.165) is 22.9 Å². The van der Waals surface area contributed by atoms with E-state index in [1.54, 1.807) is 18.2 Å². The van der Waals surface area contributed by atoms with Crippen LogP contribution < -0.4 is 15.4 Å². The predicted octanol–water partition coefficient (Wildman–Crippen LogP) is 4.89. The van der Waals surface area contributed by atoms with E-state index >= 15 is 0 Å². The number of hydrogen-bond donors (Lipinski definition) is 2. The number of phenols is 1. The number of aryl methyl sites for hydroxylation is 1. The molecule has 4 nitrogen and oxygen atoms in total. The highest BCUT2D eigenvalue weighted by molar-refractivity contribution is 7.99. The van der Waals surface area contributed by atoms with Gasteiger partial charge < -0.3 is 20.5 Å². The minimum Gasteiger partial charge on any atom is -0.508 e. The molecule has 1 heterocycles. The molecule has 0 unspecified atom stereocenters. The van der Waals surface area contributed by atoms with Crippen molar-refractivity contribution in [3.8, 4) is 11.5 Å². The average Bonchev–Trinajstić information content (AvgIpc) is 2.94. The second kappa shape index (κ2) is 9.98. The van der Waals surface area contributed by atoms with E-state index in [1.807, 2.05) is 49.7 Å². The summed E-state index contributed by atoms with van der Waals surface area (Å²) in [6, 6.07) is 11.1. The molecule has 0 spiro atoms. The number of nitrogens with two attached hydrogens (primary N) is 1. The zero-order chi connectivity index (χ0) is 18.1. The largest absolute Gasteiger partial charge is 0.508 e. The van der Waals surface area contributed by atoms with Crippen LogP contribution in [0.5, 0.6) is 11.5 Å². The zero-order valence-corrected chi connectivity index (χ0v) is 16.0. The molecule has 2 aromatic rings. The van der Waals surface area contributed by atoms with Crippen molar-refractivity contribution >= 4 is 23.1 Å². The van der Waals surface area contributed by atoms with E-state index in [4.69, 9.17) is 15.6 Å². The number of rotatable bonds is 2.